The van der Waals surface area contributed by atoms with E-state index in [1.807, 2.05) is 12.1 Å². The molecule has 0 bridgehead atoms. The Morgan fingerprint density at radius 2 is 2.05 bits per heavy atom. The van der Waals surface area contributed by atoms with E-state index in [4.69, 9.17) is 4.74 Å². The number of ether oxygens (including phenoxy) is 1. The number of hydrogen-bond donors (Lipinski definition) is 3. The molecule has 3 N–H and O–H groups in total. The molecule has 0 radical (unpaired) electrons. The van der Waals surface area contributed by atoms with E-state index in [1.165, 1.54) is 6.33 Å². The number of aromatic amines is 2. The largest absolute Gasteiger partial charge is 0.495 e. The molecule has 3 aromatic heterocycles. The minimum Gasteiger partial charge on any atom is -0.495 e. The average Bonchev–Trinajstić information content (AvgIpc) is 3.03. The van der Waals surface area contributed by atoms with Crippen LogP contribution in [-0.4, -0.2) is 30.0 Å². The summed E-state index contributed by atoms with van der Waals surface area (Å²) >= 11 is 0. The van der Waals surface area contributed by atoms with E-state index < -0.39 is 0 Å². The van der Waals surface area contributed by atoms with Gasteiger partial charge in [-0.3, -0.25) is 0 Å². The minimum absolute atomic E-state index is 0.121. The summed E-state index contributed by atoms with van der Waals surface area (Å²) in [6.07, 6.45) is 2.94. The fraction of sp³-hybridized carbons (Fsp3) is 0. The zero-order valence-corrected chi connectivity index (χ0v) is 10.2. The van der Waals surface area contributed by atoms with Crippen molar-refractivity contribution in [3.63, 3.8) is 0 Å². The maximum atomic E-state index is 9.42. The summed E-state index contributed by atoms with van der Waals surface area (Å²) in [4.78, 5) is 17.9. The predicted molar refractivity (Wildman–Crippen MR) is 71.7 cm³/mol. The number of H-pyrrole nitrogens is 2. The van der Waals surface area contributed by atoms with Gasteiger partial charge in [0.25, 0.3) is 0 Å². The highest BCUT2D eigenvalue weighted by atomic mass is 16.5. The van der Waals surface area contributed by atoms with Gasteiger partial charge in [-0.1, -0.05) is 0 Å². The number of nitrogens with zero attached hydrogens (tertiary/aromatic N) is 3. The summed E-state index contributed by atoms with van der Waals surface area (Å²) in [6.45, 7) is 0. The van der Waals surface area contributed by atoms with Crippen molar-refractivity contribution in [1.82, 2.24) is 24.9 Å². The summed E-state index contributed by atoms with van der Waals surface area (Å²) in [5.41, 5.74) is 2.03. The van der Waals surface area contributed by atoms with E-state index in [1.54, 1.807) is 18.5 Å². The summed E-state index contributed by atoms with van der Waals surface area (Å²) < 4.78 is 5.75. The Kier molecular flexibility index (Phi) is 2.13. The fourth-order valence-electron chi connectivity index (χ4n) is 2.09. The first-order chi connectivity index (χ1) is 9.79. The maximum Gasteiger partial charge on any atom is 0.248 e. The molecule has 0 spiro atoms. The first-order valence-corrected chi connectivity index (χ1v) is 5.93. The molecule has 3 heterocycles. The van der Waals surface area contributed by atoms with Crippen LogP contribution in [0, 0.1) is 0 Å². The third-order valence-corrected chi connectivity index (χ3v) is 2.98. The van der Waals surface area contributed by atoms with Gasteiger partial charge in [0.15, 0.2) is 11.5 Å². The first-order valence-electron chi connectivity index (χ1n) is 5.93. The lowest BCUT2D eigenvalue weighted by molar-refractivity contribution is 0.458. The summed E-state index contributed by atoms with van der Waals surface area (Å²) in [6, 6.07) is 7.07. The van der Waals surface area contributed by atoms with Gasteiger partial charge in [-0.25, -0.2) is 9.97 Å². The molecule has 0 atom stereocenters. The molecular formula is C13H9N5O2. The van der Waals surface area contributed by atoms with Crippen LogP contribution in [0.25, 0.3) is 22.1 Å². The quantitative estimate of drug-likeness (QED) is 0.517. The number of nitrogens with one attached hydrogen (secondary N) is 2. The normalized spacial score (nSPS) is 11.2. The number of hydrogen-bond acceptors (Lipinski definition) is 5. The summed E-state index contributed by atoms with van der Waals surface area (Å²) in [5, 5.41) is 10.3. The standard InChI is InChI=1S/C13H9N5O2/c19-10-4-7-3-8(1-2-9(7)18-10)20-13-11-12(15-5-14-11)16-6-17-13/h1-6,18-19H,(H,14,15,16,17). The van der Waals surface area contributed by atoms with E-state index in [-0.39, 0.29) is 5.88 Å². The van der Waals surface area contributed by atoms with Crippen molar-refractivity contribution in [3.8, 4) is 17.5 Å². The van der Waals surface area contributed by atoms with Gasteiger partial charge in [0.2, 0.25) is 5.88 Å². The number of aromatic nitrogens is 5. The van der Waals surface area contributed by atoms with Crippen LogP contribution in [0.3, 0.4) is 0 Å². The van der Waals surface area contributed by atoms with E-state index in [2.05, 4.69) is 24.9 Å². The van der Waals surface area contributed by atoms with Gasteiger partial charge in [0.05, 0.1) is 6.33 Å². The molecule has 98 valence electrons. The molecule has 4 rings (SSSR count). The van der Waals surface area contributed by atoms with Crippen LogP contribution in [0.4, 0.5) is 0 Å². The van der Waals surface area contributed by atoms with Crippen LogP contribution in [0.1, 0.15) is 0 Å². The molecule has 7 nitrogen and oxygen atoms in total. The van der Waals surface area contributed by atoms with Crippen molar-refractivity contribution in [2.24, 2.45) is 0 Å². The SMILES string of the molecule is Oc1cc2cc(Oc3ncnc4nc[nH]c34)ccc2[nH]1. The molecule has 7 heteroatoms. The first kappa shape index (κ1) is 10.8. The fourth-order valence-corrected chi connectivity index (χ4v) is 2.09. The molecule has 0 fully saturated rings. The van der Waals surface area contributed by atoms with Crippen LogP contribution >= 0.6 is 0 Å². The van der Waals surface area contributed by atoms with Crippen molar-refractivity contribution >= 4 is 22.1 Å². The monoisotopic (exact) mass is 267 g/mol. The van der Waals surface area contributed by atoms with Crippen LogP contribution in [0.5, 0.6) is 17.5 Å². The lowest BCUT2D eigenvalue weighted by Gasteiger charge is -2.04. The van der Waals surface area contributed by atoms with Gasteiger partial charge in [-0.15, -0.1) is 0 Å². The zero-order chi connectivity index (χ0) is 13.5. The van der Waals surface area contributed by atoms with Gasteiger partial charge >= 0.3 is 0 Å². The highest BCUT2D eigenvalue weighted by Crippen LogP contribution is 2.28. The van der Waals surface area contributed by atoms with E-state index in [0.29, 0.717) is 22.8 Å². The number of aromatic hydroxyl groups is 1. The second-order valence-electron chi connectivity index (χ2n) is 4.29. The van der Waals surface area contributed by atoms with Crippen LogP contribution < -0.4 is 4.74 Å². The Labute approximate surface area is 112 Å². The van der Waals surface area contributed by atoms with Crippen molar-refractivity contribution in [2.45, 2.75) is 0 Å². The smallest absolute Gasteiger partial charge is 0.248 e. The van der Waals surface area contributed by atoms with E-state index >= 15 is 0 Å². The Hall–Kier alpha value is -3.09. The predicted octanol–water partition coefficient (Wildman–Crippen LogP) is 2.33. The van der Waals surface area contributed by atoms with Gasteiger partial charge in [-0.2, -0.15) is 4.98 Å². The molecule has 0 saturated carbocycles. The van der Waals surface area contributed by atoms with Crippen molar-refractivity contribution in [1.29, 1.82) is 0 Å². The molecule has 0 aliphatic rings. The van der Waals surface area contributed by atoms with Crippen LogP contribution in [-0.2, 0) is 0 Å². The summed E-state index contributed by atoms with van der Waals surface area (Å²) in [7, 11) is 0. The lowest BCUT2D eigenvalue weighted by atomic mass is 10.2. The van der Waals surface area contributed by atoms with E-state index in [0.717, 1.165) is 10.9 Å². The van der Waals surface area contributed by atoms with Gasteiger partial charge in [0, 0.05) is 17.0 Å². The maximum absolute atomic E-state index is 9.42. The molecule has 0 saturated heterocycles. The topological polar surface area (TPSA) is 99.7 Å². The molecule has 20 heavy (non-hydrogen) atoms. The van der Waals surface area contributed by atoms with E-state index in [9.17, 15) is 5.11 Å². The second-order valence-corrected chi connectivity index (χ2v) is 4.29. The Morgan fingerprint density at radius 1 is 1.10 bits per heavy atom. The Bertz CT molecular complexity index is 911. The molecule has 4 aromatic rings. The zero-order valence-electron chi connectivity index (χ0n) is 10.2. The molecule has 0 amide bonds. The molecular weight excluding hydrogens is 258 g/mol. The van der Waals surface area contributed by atoms with Gasteiger partial charge in [0.1, 0.15) is 17.6 Å². The Morgan fingerprint density at radius 3 is 3.00 bits per heavy atom. The molecule has 0 aliphatic carbocycles. The van der Waals surface area contributed by atoms with Gasteiger partial charge < -0.3 is 19.8 Å². The molecule has 1 aromatic carbocycles. The highest BCUT2D eigenvalue weighted by molar-refractivity contribution is 5.83. The number of imidazole rings is 1. The van der Waals surface area contributed by atoms with Crippen LogP contribution in [0.2, 0.25) is 0 Å². The van der Waals surface area contributed by atoms with Crippen molar-refractivity contribution < 1.29 is 9.84 Å². The minimum atomic E-state index is 0.121. The number of benzene rings is 1. The van der Waals surface area contributed by atoms with Gasteiger partial charge in [-0.05, 0) is 18.2 Å². The second kappa shape index (κ2) is 3.95. The van der Waals surface area contributed by atoms with Crippen molar-refractivity contribution in [3.05, 3.63) is 36.9 Å². The lowest BCUT2D eigenvalue weighted by Crippen LogP contribution is -1.90. The molecule has 0 unspecified atom stereocenters. The average molecular weight is 267 g/mol. The Balaban J connectivity index is 1.78. The third kappa shape index (κ3) is 1.64. The third-order valence-electron chi connectivity index (χ3n) is 2.98. The number of rotatable bonds is 2. The van der Waals surface area contributed by atoms with Crippen LogP contribution in [0.15, 0.2) is 36.9 Å². The highest BCUT2D eigenvalue weighted by Gasteiger charge is 2.09. The van der Waals surface area contributed by atoms with Crippen molar-refractivity contribution in [2.75, 3.05) is 0 Å². The summed E-state index contributed by atoms with van der Waals surface area (Å²) in [5.74, 6) is 1.15. The molecule has 0 aliphatic heterocycles. The number of fused-ring (bicyclic) bond motifs is 2.